The molecule has 0 saturated heterocycles. The van der Waals surface area contributed by atoms with E-state index in [-0.39, 0.29) is 12.5 Å². The Balaban J connectivity index is 1.76. The van der Waals surface area contributed by atoms with E-state index in [2.05, 4.69) is 20.9 Å². The summed E-state index contributed by atoms with van der Waals surface area (Å²) in [4.78, 5) is 27.5. The number of carbonyl (C=O) groups is 2. The fourth-order valence-corrected chi connectivity index (χ4v) is 1.59. The van der Waals surface area contributed by atoms with Crippen LogP contribution in [0.1, 0.15) is 12.7 Å². The van der Waals surface area contributed by atoms with Gasteiger partial charge in [0, 0.05) is 6.20 Å². The first-order valence-corrected chi connectivity index (χ1v) is 6.44. The maximum Gasteiger partial charge on any atom is 0.321 e. The molecule has 0 aromatic carbocycles. The number of aromatic nitrogens is 1. The van der Waals surface area contributed by atoms with Crippen LogP contribution in [0.4, 0.5) is 10.6 Å². The smallest absolute Gasteiger partial charge is 0.321 e. The van der Waals surface area contributed by atoms with Gasteiger partial charge in [0.15, 0.2) is 0 Å². The van der Waals surface area contributed by atoms with Crippen LogP contribution in [0.2, 0.25) is 0 Å². The van der Waals surface area contributed by atoms with Gasteiger partial charge in [0.1, 0.15) is 17.6 Å². The number of urea groups is 1. The van der Waals surface area contributed by atoms with Gasteiger partial charge in [-0.1, -0.05) is 6.07 Å². The lowest BCUT2D eigenvalue weighted by Gasteiger charge is -2.14. The fraction of sp³-hybridized carbons (Fsp3) is 0.214. The number of nitrogens with one attached hydrogen (secondary N) is 3. The third kappa shape index (κ3) is 4.64. The van der Waals surface area contributed by atoms with E-state index in [1.807, 2.05) is 0 Å². The highest BCUT2D eigenvalue weighted by Gasteiger charge is 2.15. The molecule has 7 heteroatoms. The summed E-state index contributed by atoms with van der Waals surface area (Å²) in [6.07, 6.45) is 3.10. The highest BCUT2D eigenvalue weighted by molar-refractivity contribution is 5.92. The second-order valence-corrected chi connectivity index (χ2v) is 4.33. The van der Waals surface area contributed by atoms with E-state index in [0.29, 0.717) is 11.6 Å². The van der Waals surface area contributed by atoms with E-state index < -0.39 is 12.1 Å². The van der Waals surface area contributed by atoms with Gasteiger partial charge in [-0.25, -0.2) is 9.78 Å². The van der Waals surface area contributed by atoms with Gasteiger partial charge in [-0.05, 0) is 31.2 Å². The average Bonchev–Trinajstić information content (AvgIpc) is 2.98. The maximum absolute atomic E-state index is 11.8. The molecule has 2 aromatic heterocycles. The maximum atomic E-state index is 11.8. The standard InChI is InChI=1S/C14H16N4O3/c1-10(13(19)16-9-11-5-4-8-21-11)17-14(20)18-12-6-2-3-7-15-12/h2-8,10H,9H2,1H3,(H,16,19)(H2,15,17,18,20). The second kappa shape index (κ2) is 7.09. The average molecular weight is 288 g/mol. The van der Waals surface area contributed by atoms with Crippen molar-refractivity contribution >= 4 is 17.8 Å². The number of rotatable bonds is 5. The number of pyridine rings is 1. The Labute approximate surface area is 121 Å². The van der Waals surface area contributed by atoms with Crippen molar-refractivity contribution in [2.24, 2.45) is 0 Å². The molecule has 1 atom stereocenters. The van der Waals surface area contributed by atoms with Crippen LogP contribution in [0, 0.1) is 0 Å². The molecule has 3 amide bonds. The molecule has 21 heavy (non-hydrogen) atoms. The minimum absolute atomic E-state index is 0.277. The van der Waals surface area contributed by atoms with Crippen molar-refractivity contribution in [2.45, 2.75) is 19.5 Å². The topological polar surface area (TPSA) is 96.3 Å². The van der Waals surface area contributed by atoms with E-state index in [1.165, 1.54) is 6.26 Å². The molecule has 2 heterocycles. The third-order valence-corrected chi connectivity index (χ3v) is 2.66. The number of anilines is 1. The minimum atomic E-state index is -0.677. The molecule has 0 aliphatic rings. The lowest BCUT2D eigenvalue weighted by atomic mass is 10.3. The minimum Gasteiger partial charge on any atom is -0.467 e. The summed E-state index contributed by atoms with van der Waals surface area (Å²) in [6.45, 7) is 1.87. The highest BCUT2D eigenvalue weighted by atomic mass is 16.3. The van der Waals surface area contributed by atoms with Crippen LogP contribution in [0.15, 0.2) is 47.2 Å². The lowest BCUT2D eigenvalue weighted by molar-refractivity contribution is -0.122. The van der Waals surface area contributed by atoms with Crippen molar-refractivity contribution in [3.05, 3.63) is 48.6 Å². The predicted octanol–water partition coefficient (Wildman–Crippen LogP) is 1.50. The quantitative estimate of drug-likeness (QED) is 0.776. The van der Waals surface area contributed by atoms with Crippen LogP contribution >= 0.6 is 0 Å². The van der Waals surface area contributed by atoms with Crippen molar-refractivity contribution in [1.29, 1.82) is 0 Å². The monoisotopic (exact) mass is 288 g/mol. The van der Waals surface area contributed by atoms with Crippen molar-refractivity contribution in [3.63, 3.8) is 0 Å². The zero-order chi connectivity index (χ0) is 15.1. The molecular weight excluding hydrogens is 272 g/mol. The molecule has 110 valence electrons. The van der Waals surface area contributed by atoms with E-state index >= 15 is 0 Å². The summed E-state index contributed by atoms with van der Waals surface area (Å²) in [6, 6.07) is 7.48. The molecule has 0 aliphatic heterocycles. The number of amides is 3. The van der Waals surface area contributed by atoms with Crippen LogP contribution in [-0.4, -0.2) is 23.0 Å². The summed E-state index contributed by atoms with van der Waals surface area (Å²) < 4.78 is 5.10. The number of furan rings is 1. The largest absolute Gasteiger partial charge is 0.467 e. The third-order valence-electron chi connectivity index (χ3n) is 2.66. The van der Waals surface area contributed by atoms with Crippen molar-refractivity contribution in [1.82, 2.24) is 15.6 Å². The molecule has 0 spiro atoms. The van der Waals surface area contributed by atoms with Crippen LogP contribution in [0.3, 0.4) is 0 Å². The number of hydrogen-bond donors (Lipinski definition) is 3. The molecule has 0 bridgehead atoms. The van der Waals surface area contributed by atoms with E-state index in [0.717, 1.165) is 0 Å². The molecule has 1 unspecified atom stereocenters. The zero-order valence-corrected chi connectivity index (χ0v) is 11.5. The Kier molecular flexibility index (Phi) is 4.92. The Morgan fingerprint density at radius 1 is 1.29 bits per heavy atom. The first-order chi connectivity index (χ1) is 10.1. The van der Waals surface area contributed by atoms with Gasteiger partial charge in [-0.2, -0.15) is 0 Å². The Morgan fingerprint density at radius 3 is 2.81 bits per heavy atom. The molecule has 2 rings (SSSR count). The molecule has 7 nitrogen and oxygen atoms in total. The number of carbonyl (C=O) groups excluding carboxylic acids is 2. The fourth-order valence-electron chi connectivity index (χ4n) is 1.59. The molecule has 0 aliphatic carbocycles. The SMILES string of the molecule is CC(NC(=O)Nc1ccccn1)C(=O)NCc1ccco1. The van der Waals surface area contributed by atoms with Gasteiger partial charge in [-0.15, -0.1) is 0 Å². The molecule has 3 N–H and O–H groups in total. The summed E-state index contributed by atoms with van der Waals surface area (Å²) in [5.41, 5.74) is 0. The zero-order valence-electron chi connectivity index (χ0n) is 11.5. The van der Waals surface area contributed by atoms with E-state index in [1.54, 1.807) is 43.5 Å². The van der Waals surface area contributed by atoms with Crippen molar-refractivity contribution < 1.29 is 14.0 Å². The molecule has 2 aromatic rings. The van der Waals surface area contributed by atoms with Gasteiger partial charge in [0.2, 0.25) is 5.91 Å². The highest BCUT2D eigenvalue weighted by Crippen LogP contribution is 2.00. The van der Waals surface area contributed by atoms with Gasteiger partial charge in [0.05, 0.1) is 12.8 Å². The van der Waals surface area contributed by atoms with E-state index in [9.17, 15) is 9.59 Å². The first kappa shape index (κ1) is 14.6. The lowest BCUT2D eigenvalue weighted by Crippen LogP contribution is -2.46. The van der Waals surface area contributed by atoms with Crippen molar-refractivity contribution in [2.75, 3.05) is 5.32 Å². The summed E-state index contributed by atoms with van der Waals surface area (Å²) in [7, 11) is 0. The van der Waals surface area contributed by atoms with Crippen LogP contribution < -0.4 is 16.0 Å². The second-order valence-electron chi connectivity index (χ2n) is 4.33. The summed E-state index contributed by atoms with van der Waals surface area (Å²) >= 11 is 0. The molecule has 0 saturated carbocycles. The van der Waals surface area contributed by atoms with Crippen LogP contribution in [-0.2, 0) is 11.3 Å². The van der Waals surface area contributed by atoms with E-state index in [4.69, 9.17) is 4.42 Å². The number of nitrogens with zero attached hydrogens (tertiary/aromatic N) is 1. The number of hydrogen-bond acceptors (Lipinski definition) is 4. The Hall–Kier alpha value is -2.83. The van der Waals surface area contributed by atoms with Gasteiger partial charge in [0.25, 0.3) is 0 Å². The normalized spacial score (nSPS) is 11.5. The summed E-state index contributed by atoms with van der Waals surface area (Å²) in [5, 5.41) is 7.73. The van der Waals surface area contributed by atoms with Gasteiger partial charge >= 0.3 is 6.03 Å². The van der Waals surface area contributed by atoms with Crippen LogP contribution in [0.25, 0.3) is 0 Å². The Bertz CT molecular complexity index is 584. The van der Waals surface area contributed by atoms with Crippen molar-refractivity contribution in [3.8, 4) is 0 Å². The molecular formula is C14H16N4O3. The first-order valence-electron chi connectivity index (χ1n) is 6.44. The van der Waals surface area contributed by atoms with Gasteiger partial charge < -0.3 is 15.1 Å². The Morgan fingerprint density at radius 2 is 2.14 bits per heavy atom. The molecule has 0 fully saturated rings. The van der Waals surface area contributed by atoms with Gasteiger partial charge in [-0.3, -0.25) is 10.1 Å². The predicted molar refractivity (Wildman–Crippen MR) is 76.4 cm³/mol. The molecule has 0 radical (unpaired) electrons. The summed E-state index contributed by atoms with van der Waals surface area (Å²) in [5.74, 6) is 0.759. The van der Waals surface area contributed by atoms with Crippen LogP contribution in [0.5, 0.6) is 0 Å².